The average Bonchev–Trinajstić information content (AvgIpc) is 1.66. The molecule has 9 heavy (non-hydrogen) atoms. The van der Waals surface area contributed by atoms with Crippen LogP contribution in [0.25, 0.3) is 0 Å². The van der Waals surface area contributed by atoms with Crippen LogP contribution in [0.1, 0.15) is 19.8 Å². The molecule has 1 amide bonds. The molecule has 56 valence electrons. The molecule has 0 aliphatic rings. The first-order valence-electron chi connectivity index (χ1n) is 2.74. The standard InChI is InChI=1S/C5H11NO2.H2S/c1-2-3-4-6-5(7)8;/h6H,2-4H2,1H3,(H,7,8);1H2. The van der Waals surface area contributed by atoms with E-state index >= 15 is 0 Å². The van der Waals surface area contributed by atoms with Crippen molar-refractivity contribution in [2.24, 2.45) is 0 Å². The van der Waals surface area contributed by atoms with Crippen molar-refractivity contribution >= 4 is 19.6 Å². The van der Waals surface area contributed by atoms with Gasteiger partial charge >= 0.3 is 6.09 Å². The van der Waals surface area contributed by atoms with Crippen LogP contribution in [0.4, 0.5) is 4.79 Å². The number of carboxylic acid groups (broad SMARTS) is 1. The third-order valence-electron chi connectivity index (χ3n) is 0.807. The fraction of sp³-hybridized carbons (Fsp3) is 0.800. The van der Waals surface area contributed by atoms with Crippen molar-refractivity contribution in [2.75, 3.05) is 6.54 Å². The number of hydrogen-bond donors (Lipinski definition) is 2. The second-order valence-electron chi connectivity index (χ2n) is 1.59. The maximum atomic E-state index is 9.76. The summed E-state index contributed by atoms with van der Waals surface area (Å²) < 4.78 is 0. The monoisotopic (exact) mass is 151 g/mol. The van der Waals surface area contributed by atoms with Crippen LogP contribution in [0.5, 0.6) is 0 Å². The van der Waals surface area contributed by atoms with Crippen LogP contribution in [0.3, 0.4) is 0 Å². The lowest BCUT2D eigenvalue weighted by molar-refractivity contribution is 0.194. The highest BCUT2D eigenvalue weighted by Crippen LogP contribution is 1.80. The van der Waals surface area contributed by atoms with Crippen LogP contribution in [0.2, 0.25) is 0 Å². The maximum absolute atomic E-state index is 9.76. The van der Waals surface area contributed by atoms with Crippen molar-refractivity contribution in [3.8, 4) is 0 Å². The normalized spacial score (nSPS) is 7.67. The van der Waals surface area contributed by atoms with Crippen molar-refractivity contribution in [1.29, 1.82) is 0 Å². The second-order valence-corrected chi connectivity index (χ2v) is 1.59. The van der Waals surface area contributed by atoms with Crippen molar-refractivity contribution in [3.63, 3.8) is 0 Å². The third-order valence-corrected chi connectivity index (χ3v) is 0.807. The van der Waals surface area contributed by atoms with Crippen LogP contribution in [-0.4, -0.2) is 17.7 Å². The largest absolute Gasteiger partial charge is 0.465 e. The van der Waals surface area contributed by atoms with Crippen molar-refractivity contribution in [3.05, 3.63) is 0 Å². The molecule has 0 saturated heterocycles. The molecule has 0 unspecified atom stereocenters. The SMILES string of the molecule is CCCCNC(=O)O.S. The molecule has 0 aliphatic heterocycles. The Labute approximate surface area is 61.9 Å². The number of amides is 1. The minimum atomic E-state index is -0.932. The van der Waals surface area contributed by atoms with Gasteiger partial charge in [-0.2, -0.15) is 13.5 Å². The number of unbranched alkanes of at least 4 members (excludes halogenated alkanes) is 1. The Hall–Kier alpha value is -0.380. The van der Waals surface area contributed by atoms with Crippen LogP contribution >= 0.6 is 13.5 Å². The molecule has 4 heteroatoms. The fourth-order valence-corrected chi connectivity index (χ4v) is 0.372. The van der Waals surface area contributed by atoms with Crippen LogP contribution in [0, 0.1) is 0 Å². The van der Waals surface area contributed by atoms with E-state index in [0.29, 0.717) is 6.54 Å². The smallest absolute Gasteiger partial charge is 0.404 e. The summed E-state index contributed by atoms with van der Waals surface area (Å²) in [5.41, 5.74) is 0. The zero-order chi connectivity index (χ0) is 6.41. The average molecular weight is 151 g/mol. The summed E-state index contributed by atoms with van der Waals surface area (Å²) in [6.07, 6.45) is 1.02. The Bertz CT molecular complexity index is 77.4. The van der Waals surface area contributed by atoms with Gasteiger partial charge in [-0.15, -0.1) is 0 Å². The zero-order valence-electron chi connectivity index (χ0n) is 5.48. The van der Waals surface area contributed by atoms with Gasteiger partial charge in [0.15, 0.2) is 0 Å². The molecule has 0 heterocycles. The number of rotatable bonds is 3. The molecule has 0 aliphatic carbocycles. The summed E-state index contributed by atoms with van der Waals surface area (Å²) in [5.74, 6) is 0. The molecular weight excluding hydrogens is 138 g/mol. The summed E-state index contributed by atoms with van der Waals surface area (Å²) >= 11 is 0. The zero-order valence-corrected chi connectivity index (χ0v) is 6.48. The van der Waals surface area contributed by atoms with E-state index in [0.717, 1.165) is 12.8 Å². The van der Waals surface area contributed by atoms with Gasteiger partial charge in [0, 0.05) is 6.54 Å². The first kappa shape index (κ1) is 11.4. The van der Waals surface area contributed by atoms with Gasteiger partial charge in [0.2, 0.25) is 0 Å². The van der Waals surface area contributed by atoms with Gasteiger partial charge in [0.25, 0.3) is 0 Å². The van der Waals surface area contributed by atoms with E-state index in [2.05, 4.69) is 5.32 Å². The van der Waals surface area contributed by atoms with Crippen molar-refractivity contribution < 1.29 is 9.90 Å². The van der Waals surface area contributed by atoms with Crippen LogP contribution < -0.4 is 5.32 Å². The molecule has 0 aromatic carbocycles. The molecule has 0 rings (SSSR count). The fourth-order valence-electron chi connectivity index (χ4n) is 0.372. The van der Waals surface area contributed by atoms with Gasteiger partial charge in [-0.05, 0) is 6.42 Å². The van der Waals surface area contributed by atoms with Gasteiger partial charge in [-0.3, -0.25) is 0 Å². The number of hydrogen-bond acceptors (Lipinski definition) is 1. The summed E-state index contributed by atoms with van der Waals surface area (Å²) in [5, 5.41) is 10.3. The Balaban J connectivity index is 0. The molecule has 0 bridgehead atoms. The molecule has 2 N–H and O–H groups in total. The highest BCUT2D eigenvalue weighted by molar-refractivity contribution is 7.59. The first-order valence-corrected chi connectivity index (χ1v) is 2.74. The van der Waals surface area contributed by atoms with Gasteiger partial charge in [-0.25, -0.2) is 4.79 Å². The predicted octanol–water partition coefficient (Wildman–Crippen LogP) is 1.17. The molecule has 0 aromatic rings. The summed E-state index contributed by atoms with van der Waals surface area (Å²) in [7, 11) is 0. The number of carbonyl (C=O) groups is 1. The first-order chi connectivity index (χ1) is 3.77. The maximum Gasteiger partial charge on any atom is 0.404 e. The molecule has 0 fully saturated rings. The van der Waals surface area contributed by atoms with E-state index in [1.54, 1.807) is 0 Å². The quantitative estimate of drug-likeness (QED) is 0.595. The van der Waals surface area contributed by atoms with Crippen LogP contribution in [0.15, 0.2) is 0 Å². The van der Waals surface area contributed by atoms with Crippen molar-refractivity contribution in [2.45, 2.75) is 19.8 Å². The lowest BCUT2D eigenvalue weighted by atomic mass is 10.3. The van der Waals surface area contributed by atoms with Gasteiger partial charge < -0.3 is 10.4 Å². The summed E-state index contributed by atoms with van der Waals surface area (Å²) in [4.78, 5) is 9.76. The lowest BCUT2D eigenvalue weighted by Gasteiger charge is -1.94. The number of nitrogens with one attached hydrogen (secondary N) is 1. The lowest BCUT2D eigenvalue weighted by Crippen LogP contribution is -2.21. The summed E-state index contributed by atoms with van der Waals surface area (Å²) in [6.45, 7) is 2.59. The Morgan fingerprint density at radius 1 is 1.67 bits per heavy atom. The van der Waals surface area contributed by atoms with Crippen LogP contribution in [-0.2, 0) is 0 Å². The predicted molar refractivity (Wildman–Crippen MR) is 41.3 cm³/mol. The molecule has 0 spiro atoms. The van der Waals surface area contributed by atoms with E-state index in [-0.39, 0.29) is 13.5 Å². The molecule has 0 aromatic heterocycles. The van der Waals surface area contributed by atoms with E-state index in [4.69, 9.17) is 5.11 Å². The molecular formula is C5H13NO2S. The van der Waals surface area contributed by atoms with E-state index in [9.17, 15) is 4.79 Å². The molecule has 0 saturated carbocycles. The van der Waals surface area contributed by atoms with Crippen molar-refractivity contribution in [1.82, 2.24) is 5.32 Å². The van der Waals surface area contributed by atoms with E-state index < -0.39 is 6.09 Å². The summed E-state index contributed by atoms with van der Waals surface area (Å²) in [6, 6.07) is 0. The molecule has 3 nitrogen and oxygen atoms in total. The van der Waals surface area contributed by atoms with E-state index in [1.807, 2.05) is 6.92 Å². The third kappa shape index (κ3) is 11.3. The minimum Gasteiger partial charge on any atom is -0.465 e. The van der Waals surface area contributed by atoms with Gasteiger partial charge in [0.1, 0.15) is 0 Å². The highest BCUT2D eigenvalue weighted by Gasteiger charge is 1.88. The molecule has 0 radical (unpaired) electrons. The Morgan fingerprint density at radius 2 is 2.22 bits per heavy atom. The Kier molecular flexibility index (Phi) is 9.67. The van der Waals surface area contributed by atoms with Gasteiger partial charge in [0.05, 0.1) is 0 Å². The molecule has 0 atom stereocenters. The second kappa shape index (κ2) is 7.62. The highest BCUT2D eigenvalue weighted by atomic mass is 32.1. The topological polar surface area (TPSA) is 49.3 Å². The van der Waals surface area contributed by atoms with Gasteiger partial charge in [-0.1, -0.05) is 13.3 Å². The minimum absolute atomic E-state index is 0. The van der Waals surface area contributed by atoms with E-state index in [1.165, 1.54) is 0 Å². The Morgan fingerprint density at radius 3 is 2.56 bits per heavy atom.